The Morgan fingerprint density at radius 1 is 1.23 bits per heavy atom. The molecular formula is C23H29FN2O4S. The summed E-state index contributed by atoms with van der Waals surface area (Å²) in [6, 6.07) is 10.8. The van der Waals surface area contributed by atoms with Crippen molar-refractivity contribution in [3.8, 4) is 5.75 Å². The van der Waals surface area contributed by atoms with Gasteiger partial charge in [0.2, 0.25) is 10.0 Å². The van der Waals surface area contributed by atoms with Crippen LogP contribution in [0, 0.1) is 12.7 Å². The van der Waals surface area contributed by atoms with Gasteiger partial charge in [-0.05, 0) is 62.9 Å². The van der Waals surface area contributed by atoms with Crippen LogP contribution in [-0.2, 0) is 10.0 Å². The van der Waals surface area contributed by atoms with Gasteiger partial charge in [-0.2, -0.15) is 4.31 Å². The predicted octanol–water partition coefficient (Wildman–Crippen LogP) is 3.90. The van der Waals surface area contributed by atoms with Crippen molar-refractivity contribution in [2.75, 3.05) is 19.7 Å². The zero-order valence-electron chi connectivity index (χ0n) is 17.9. The van der Waals surface area contributed by atoms with Crippen molar-refractivity contribution in [1.82, 2.24) is 9.62 Å². The Hall–Kier alpha value is -2.45. The smallest absolute Gasteiger partial charge is 0.251 e. The summed E-state index contributed by atoms with van der Waals surface area (Å²) in [6.45, 7) is 4.77. The minimum absolute atomic E-state index is 0.0493. The van der Waals surface area contributed by atoms with Crippen molar-refractivity contribution in [1.29, 1.82) is 0 Å². The molecule has 1 aliphatic rings. The lowest BCUT2D eigenvalue weighted by molar-refractivity contribution is 0.0950. The molecule has 0 radical (unpaired) electrons. The summed E-state index contributed by atoms with van der Waals surface area (Å²) in [5.74, 6) is -0.593. The first-order valence-corrected chi connectivity index (χ1v) is 12.0. The number of amides is 1. The molecule has 1 saturated heterocycles. The van der Waals surface area contributed by atoms with E-state index in [0.717, 1.165) is 19.3 Å². The first-order chi connectivity index (χ1) is 14.8. The van der Waals surface area contributed by atoms with Crippen LogP contribution in [0.2, 0.25) is 0 Å². The number of nitrogens with one attached hydrogen (secondary N) is 1. The monoisotopic (exact) mass is 448 g/mol. The molecule has 1 amide bonds. The van der Waals surface area contributed by atoms with E-state index in [0.29, 0.717) is 30.6 Å². The highest BCUT2D eigenvalue weighted by atomic mass is 32.2. The fourth-order valence-corrected chi connectivity index (χ4v) is 5.41. The maximum atomic E-state index is 13.5. The van der Waals surface area contributed by atoms with Crippen LogP contribution in [0.1, 0.15) is 48.5 Å². The van der Waals surface area contributed by atoms with Crippen molar-refractivity contribution in [2.24, 2.45) is 0 Å². The van der Waals surface area contributed by atoms with E-state index in [-0.39, 0.29) is 29.2 Å². The summed E-state index contributed by atoms with van der Waals surface area (Å²) in [5.41, 5.74) is 1.03. The van der Waals surface area contributed by atoms with Crippen molar-refractivity contribution in [3.05, 3.63) is 59.4 Å². The van der Waals surface area contributed by atoms with E-state index in [4.69, 9.17) is 4.74 Å². The number of hydrogen-bond donors (Lipinski definition) is 1. The zero-order valence-corrected chi connectivity index (χ0v) is 18.8. The average molecular weight is 449 g/mol. The van der Waals surface area contributed by atoms with Gasteiger partial charge >= 0.3 is 0 Å². The van der Waals surface area contributed by atoms with E-state index in [1.807, 2.05) is 6.92 Å². The number of aryl methyl sites for hydroxylation is 1. The SMILES string of the molecule is Cc1ccc(S(=O)(=O)N2CCCCC2C)cc1C(=O)NCCCOc1ccccc1F. The number of halogens is 1. The lowest BCUT2D eigenvalue weighted by Crippen LogP contribution is -2.42. The molecule has 0 spiro atoms. The lowest BCUT2D eigenvalue weighted by Gasteiger charge is -2.32. The molecule has 0 aliphatic carbocycles. The van der Waals surface area contributed by atoms with Gasteiger partial charge in [-0.15, -0.1) is 0 Å². The standard InChI is InChI=1S/C23H29FN2O4S/c1-17-11-12-19(31(28,29)26-14-6-5-8-18(26)2)16-20(17)23(27)25-13-7-15-30-22-10-4-3-9-21(22)24/h3-4,9-12,16,18H,5-8,13-15H2,1-2H3,(H,25,27). The van der Waals surface area contributed by atoms with Crippen LogP contribution in [0.25, 0.3) is 0 Å². The van der Waals surface area contributed by atoms with Crippen LogP contribution in [0.5, 0.6) is 5.75 Å². The Kier molecular flexibility index (Phi) is 7.67. The van der Waals surface area contributed by atoms with Crippen molar-refractivity contribution in [2.45, 2.75) is 50.5 Å². The fourth-order valence-electron chi connectivity index (χ4n) is 3.68. The average Bonchev–Trinajstić information content (AvgIpc) is 2.75. The Balaban J connectivity index is 1.60. The van der Waals surface area contributed by atoms with Crippen LogP contribution in [0.4, 0.5) is 4.39 Å². The molecule has 3 rings (SSSR count). The van der Waals surface area contributed by atoms with Crippen LogP contribution in [0.15, 0.2) is 47.4 Å². The number of nitrogens with zero attached hydrogens (tertiary/aromatic N) is 1. The van der Waals surface area contributed by atoms with Gasteiger partial charge in [0.15, 0.2) is 11.6 Å². The minimum atomic E-state index is -3.65. The molecule has 1 N–H and O–H groups in total. The third-order valence-corrected chi connectivity index (χ3v) is 7.51. The van der Waals surface area contributed by atoms with Crippen molar-refractivity contribution < 1.29 is 22.3 Å². The van der Waals surface area contributed by atoms with E-state index >= 15 is 0 Å². The van der Waals surface area contributed by atoms with Gasteiger partial charge in [0.05, 0.1) is 11.5 Å². The minimum Gasteiger partial charge on any atom is -0.490 e. The number of hydrogen-bond acceptors (Lipinski definition) is 4. The van der Waals surface area contributed by atoms with E-state index in [2.05, 4.69) is 5.32 Å². The Morgan fingerprint density at radius 3 is 2.74 bits per heavy atom. The lowest BCUT2D eigenvalue weighted by atomic mass is 10.1. The number of ether oxygens (including phenoxy) is 1. The molecule has 6 nitrogen and oxygen atoms in total. The number of carbonyl (C=O) groups excluding carboxylic acids is 1. The van der Waals surface area contributed by atoms with Gasteiger partial charge in [-0.3, -0.25) is 4.79 Å². The maximum Gasteiger partial charge on any atom is 0.251 e. The first kappa shape index (κ1) is 23.2. The summed E-state index contributed by atoms with van der Waals surface area (Å²) in [6.07, 6.45) is 3.20. The normalized spacial score (nSPS) is 17.3. The molecule has 1 atom stereocenters. The molecule has 0 aromatic heterocycles. The Morgan fingerprint density at radius 2 is 2.00 bits per heavy atom. The second-order valence-electron chi connectivity index (χ2n) is 7.83. The molecule has 1 heterocycles. The topological polar surface area (TPSA) is 75.7 Å². The molecule has 8 heteroatoms. The maximum absolute atomic E-state index is 13.5. The summed E-state index contributed by atoms with van der Waals surface area (Å²) in [5, 5.41) is 2.79. The predicted molar refractivity (Wildman–Crippen MR) is 117 cm³/mol. The number of para-hydroxylation sites is 1. The molecule has 1 fully saturated rings. The van der Waals surface area contributed by atoms with Crippen molar-refractivity contribution >= 4 is 15.9 Å². The molecule has 0 saturated carbocycles. The number of benzene rings is 2. The Bertz CT molecular complexity index is 1030. The molecule has 2 aromatic carbocycles. The molecule has 2 aromatic rings. The number of rotatable bonds is 8. The zero-order chi connectivity index (χ0) is 22.4. The largest absolute Gasteiger partial charge is 0.490 e. The Labute approximate surface area is 183 Å². The molecule has 1 aliphatic heterocycles. The quantitative estimate of drug-likeness (QED) is 0.622. The summed E-state index contributed by atoms with van der Waals surface area (Å²) < 4.78 is 46.6. The van der Waals surface area contributed by atoms with Crippen molar-refractivity contribution in [3.63, 3.8) is 0 Å². The van der Waals surface area contributed by atoms with E-state index in [1.54, 1.807) is 37.3 Å². The summed E-state index contributed by atoms with van der Waals surface area (Å²) in [4.78, 5) is 12.8. The van der Waals surface area contributed by atoms with E-state index in [1.165, 1.54) is 16.4 Å². The van der Waals surface area contributed by atoms with Gasteiger partial charge in [-0.25, -0.2) is 12.8 Å². The molecule has 31 heavy (non-hydrogen) atoms. The van der Waals surface area contributed by atoms with Crippen LogP contribution in [-0.4, -0.2) is 44.4 Å². The highest BCUT2D eigenvalue weighted by Gasteiger charge is 2.31. The molecule has 168 valence electrons. The number of piperidine rings is 1. The second kappa shape index (κ2) is 10.2. The number of sulfonamides is 1. The van der Waals surface area contributed by atoms with Gasteiger partial charge in [0, 0.05) is 24.7 Å². The van der Waals surface area contributed by atoms with Gasteiger partial charge in [0.25, 0.3) is 5.91 Å². The summed E-state index contributed by atoms with van der Waals surface area (Å²) in [7, 11) is -3.65. The summed E-state index contributed by atoms with van der Waals surface area (Å²) >= 11 is 0. The van der Waals surface area contributed by atoms with E-state index in [9.17, 15) is 17.6 Å². The third kappa shape index (κ3) is 5.62. The number of carbonyl (C=O) groups is 1. The molecule has 0 bridgehead atoms. The fraction of sp³-hybridized carbons (Fsp3) is 0.435. The van der Waals surface area contributed by atoms with Gasteiger partial charge < -0.3 is 10.1 Å². The first-order valence-electron chi connectivity index (χ1n) is 10.6. The van der Waals surface area contributed by atoms with Gasteiger partial charge in [-0.1, -0.05) is 24.6 Å². The highest BCUT2D eigenvalue weighted by Crippen LogP contribution is 2.26. The van der Waals surface area contributed by atoms with Crippen LogP contribution in [0.3, 0.4) is 0 Å². The molecular weight excluding hydrogens is 419 g/mol. The van der Waals surface area contributed by atoms with Crippen LogP contribution >= 0.6 is 0 Å². The van der Waals surface area contributed by atoms with Crippen LogP contribution < -0.4 is 10.1 Å². The van der Waals surface area contributed by atoms with Gasteiger partial charge in [0.1, 0.15) is 0 Å². The second-order valence-corrected chi connectivity index (χ2v) is 9.72. The molecule has 1 unspecified atom stereocenters. The highest BCUT2D eigenvalue weighted by molar-refractivity contribution is 7.89. The third-order valence-electron chi connectivity index (χ3n) is 5.50. The van der Waals surface area contributed by atoms with E-state index < -0.39 is 15.8 Å².